The lowest BCUT2D eigenvalue weighted by molar-refractivity contribution is -0.910. The second-order valence-electron chi connectivity index (χ2n) is 16.8. The summed E-state index contributed by atoms with van der Waals surface area (Å²) in [6, 6.07) is 0.447. The molecule has 0 aliphatic heterocycles. The zero-order valence-corrected chi connectivity index (χ0v) is 34.6. The third-order valence-corrected chi connectivity index (χ3v) is 13.2. The highest BCUT2D eigenvalue weighted by Gasteiger charge is 2.46. The van der Waals surface area contributed by atoms with Crippen LogP contribution in [-0.2, 0) is 13.3 Å². The quantitative estimate of drug-likeness (QED) is 0.0254. The lowest BCUT2D eigenvalue weighted by atomic mass is 9.95. The summed E-state index contributed by atoms with van der Waals surface area (Å²) in [5.74, 6) is 0. The van der Waals surface area contributed by atoms with E-state index in [0.29, 0.717) is 6.04 Å². The van der Waals surface area contributed by atoms with Crippen LogP contribution in [0.4, 0.5) is 0 Å². The Morgan fingerprint density at radius 2 is 0.680 bits per heavy atom. The Morgan fingerprint density at radius 3 is 0.960 bits per heavy atom. The highest BCUT2D eigenvalue weighted by atomic mass is 28.4. The van der Waals surface area contributed by atoms with Crippen molar-refractivity contribution in [3.8, 4) is 0 Å². The lowest BCUT2D eigenvalue weighted by Gasteiger charge is -2.39. The van der Waals surface area contributed by atoms with Crippen molar-refractivity contribution in [1.29, 1.82) is 0 Å². The highest BCUT2D eigenvalue weighted by molar-refractivity contribution is 6.60. The molecular weight excluding hydrogens is 655 g/mol. The minimum Gasteiger partial charge on any atom is -0.396 e. The van der Waals surface area contributed by atoms with Gasteiger partial charge in [-0.15, -0.1) is 0 Å². The van der Waals surface area contributed by atoms with Crippen LogP contribution < -0.4 is 0 Å². The molecule has 0 amide bonds. The van der Waals surface area contributed by atoms with Gasteiger partial charge in [0.2, 0.25) is 0 Å². The molecule has 0 saturated carbocycles. The molecule has 0 aromatic carbocycles. The van der Waals surface area contributed by atoms with E-state index in [1.165, 1.54) is 103 Å². The minimum absolute atomic E-state index is 0.0151. The first-order valence-corrected chi connectivity index (χ1v) is 22.2. The van der Waals surface area contributed by atoms with Crippen molar-refractivity contribution < 1.29 is 48.4 Å². The third-order valence-electron chi connectivity index (χ3n) is 10.5. The Bertz CT molecular complexity index is 704. The SMILES string of the molecule is CCCCCCCCCC[N+](C)(CCCCCCCCCC)CCC[Si](OCC(C)(CO)CO)(OCC(C)(CO)CO)OCC(C)(CO)CO. The number of hydrogen-bond acceptors (Lipinski definition) is 9. The largest absolute Gasteiger partial charge is 0.501 e. The van der Waals surface area contributed by atoms with Crippen LogP contribution in [0.3, 0.4) is 0 Å². The molecule has 0 fully saturated rings. The first-order chi connectivity index (χ1) is 23.8. The van der Waals surface area contributed by atoms with Gasteiger partial charge >= 0.3 is 8.80 Å². The van der Waals surface area contributed by atoms with E-state index in [1.807, 2.05) is 0 Å². The summed E-state index contributed by atoms with van der Waals surface area (Å²) in [6.07, 6.45) is 21.3. The van der Waals surface area contributed by atoms with Crippen molar-refractivity contribution in [2.75, 3.05) is 86.1 Å². The van der Waals surface area contributed by atoms with Crippen molar-refractivity contribution >= 4 is 8.80 Å². The topological polar surface area (TPSA) is 149 Å². The predicted octanol–water partition coefficient (Wildman–Crippen LogP) is 6.07. The molecule has 0 bridgehead atoms. The zero-order valence-electron chi connectivity index (χ0n) is 33.6. The van der Waals surface area contributed by atoms with Crippen LogP contribution in [0.2, 0.25) is 6.04 Å². The number of quaternary nitrogens is 1. The van der Waals surface area contributed by atoms with Crippen molar-refractivity contribution in [2.45, 2.75) is 150 Å². The lowest BCUT2D eigenvalue weighted by Crippen LogP contribution is -2.54. The summed E-state index contributed by atoms with van der Waals surface area (Å²) >= 11 is 0. The fourth-order valence-corrected chi connectivity index (χ4v) is 8.86. The van der Waals surface area contributed by atoms with Crippen LogP contribution in [0, 0.1) is 16.2 Å². The maximum atomic E-state index is 10.0. The van der Waals surface area contributed by atoms with Crippen molar-refractivity contribution in [2.24, 2.45) is 16.2 Å². The molecule has 0 saturated heterocycles. The van der Waals surface area contributed by atoms with Crippen LogP contribution in [0.15, 0.2) is 0 Å². The molecule has 6 N–H and O–H groups in total. The maximum Gasteiger partial charge on any atom is 0.501 e. The van der Waals surface area contributed by atoms with E-state index in [0.717, 1.165) is 30.5 Å². The molecule has 0 atom stereocenters. The third kappa shape index (κ3) is 22.1. The summed E-state index contributed by atoms with van der Waals surface area (Å²) < 4.78 is 20.5. The first-order valence-electron chi connectivity index (χ1n) is 20.2. The number of unbranched alkanes of at least 4 members (excludes halogenated alkanes) is 14. The van der Waals surface area contributed by atoms with Gasteiger partial charge in [0, 0.05) is 48.5 Å². The van der Waals surface area contributed by atoms with Crippen LogP contribution in [0.25, 0.3) is 0 Å². The van der Waals surface area contributed by atoms with Gasteiger partial charge in [-0.3, -0.25) is 0 Å². The molecule has 0 unspecified atom stereocenters. The Morgan fingerprint density at radius 1 is 0.420 bits per heavy atom. The second kappa shape index (κ2) is 28.3. The molecule has 302 valence electrons. The predicted molar refractivity (Wildman–Crippen MR) is 206 cm³/mol. The summed E-state index contributed by atoms with van der Waals surface area (Å²) in [7, 11) is -1.25. The van der Waals surface area contributed by atoms with Gasteiger partial charge in [0.15, 0.2) is 0 Å². The number of aliphatic hydroxyl groups excluding tert-OH is 6. The monoisotopic (exact) mass is 739 g/mol. The molecule has 10 nitrogen and oxygen atoms in total. The fraction of sp³-hybridized carbons (Fsp3) is 1.00. The number of nitrogens with zero attached hydrogens (tertiary/aromatic N) is 1. The van der Waals surface area contributed by atoms with E-state index < -0.39 is 25.0 Å². The standard InChI is InChI=1S/C39H84NO9Si/c1-7-9-11-13-15-17-19-21-24-40(6,25-22-20-18-16-14-12-10-8-2)26-23-27-50(47-34-37(3,28-41)29-42,48-35-38(4,30-43)31-44)49-36-39(5,32-45)33-46/h41-46H,7-36H2,1-6H3/q+1. The second-order valence-corrected chi connectivity index (χ2v) is 19.5. The highest BCUT2D eigenvalue weighted by Crippen LogP contribution is 2.30. The summed E-state index contributed by atoms with van der Waals surface area (Å²) in [4.78, 5) is 0. The average molecular weight is 739 g/mol. The van der Waals surface area contributed by atoms with Gasteiger partial charge in [-0.05, 0) is 25.7 Å². The van der Waals surface area contributed by atoms with E-state index in [4.69, 9.17) is 13.3 Å². The molecule has 11 heteroatoms. The normalized spacial score (nSPS) is 13.4. The molecule has 0 spiro atoms. The molecular formula is C39H84NO9Si+. The van der Waals surface area contributed by atoms with Gasteiger partial charge in [0.05, 0.1) is 66.3 Å². The molecule has 0 aliphatic carbocycles. The van der Waals surface area contributed by atoms with E-state index in [9.17, 15) is 30.6 Å². The summed E-state index contributed by atoms with van der Waals surface area (Å²) in [5, 5.41) is 60.3. The van der Waals surface area contributed by atoms with Gasteiger partial charge in [-0.25, -0.2) is 0 Å². The van der Waals surface area contributed by atoms with Crippen LogP contribution >= 0.6 is 0 Å². The fourth-order valence-electron chi connectivity index (χ4n) is 5.89. The van der Waals surface area contributed by atoms with Crippen molar-refractivity contribution in [3.05, 3.63) is 0 Å². The van der Waals surface area contributed by atoms with Crippen LogP contribution in [0.1, 0.15) is 144 Å². The molecule has 0 heterocycles. The van der Waals surface area contributed by atoms with Crippen molar-refractivity contribution in [1.82, 2.24) is 0 Å². The number of hydrogen-bond donors (Lipinski definition) is 6. The Kier molecular flexibility index (Phi) is 28.2. The van der Waals surface area contributed by atoms with Crippen LogP contribution in [0.5, 0.6) is 0 Å². The smallest absolute Gasteiger partial charge is 0.396 e. The molecule has 0 radical (unpaired) electrons. The van der Waals surface area contributed by atoms with Gasteiger partial charge in [0.25, 0.3) is 0 Å². The zero-order chi connectivity index (χ0) is 37.8. The molecule has 0 aromatic heterocycles. The van der Waals surface area contributed by atoms with Crippen molar-refractivity contribution in [3.63, 3.8) is 0 Å². The average Bonchev–Trinajstić information content (AvgIpc) is 3.13. The molecule has 0 aliphatic rings. The Labute approximate surface area is 308 Å². The maximum absolute atomic E-state index is 10.0. The molecule has 0 aromatic rings. The van der Waals surface area contributed by atoms with Crippen LogP contribution in [-0.4, -0.2) is 130 Å². The Hall–Kier alpha value is -0.183. The van der Waals surface area contributed by atoms with E-state index in [2.05, 4.69) is 20.9 Å². The molecule has 0 rings (SSSR count). The van der Waals surface area contributed by atoms with Gasteiger partial charge in [-0.2, -0.15) is 0 Å². The Balaban J connectivity index is 5.97. The van der Waals surface area contributed by atoms with Gasteiger partial charge < -0.3 is 48.4 Å². The van der Waals surface area contributed by atoms with E-state index in [1.54, 1.807) is 20.8 Å². The summed E-state index contributed by atoms with van der Waals surface area (Å²) in [5.41, 5.74) is -2.80. The molecule has 50 heavy (non-hydrogen) atoms. The number of aliphatic hydroxyl groups is 6. The first kappa shape index (κ1) is 49.8. The van der Waals surface area contributed by atoms with Gasteiger partial charge in [-0.1, -0.05) is 112 Å². The van der Waals surface area contributed by atoms with Gasteiger partial charge in [0.1, 0.15) is 0 Å². The minimum atomic E-state index is -3.62. The van der Waals surface area contributed by atoms with E-state index >= 15 is 0 Å². The number of rotatable bonds is 37. The summed E-state index contributed by atoms with van der Waals surface area (Å²) in [6.45, 7) is 11.0. The van der Waals surface area contributed by atoms with E-state index in [-0.39, 0.29) is 59.5 Å².